The molecule has 0 aliphatic carbocycles. The summed E-state index contributed by atoms with van der Waals surface area (Å²) in [6.07, 6.45) is 0.357. The SMILES string of the molecule is CCN(CC)C(=O)C(C#N)CCOc1cc(C)ccc1Cl. The molecule has 0 bridgehead atoms. The zero-order valence-corrected chi connectivity index (χ0v) is 13.5. The maximum Gasteiger partial charge on any atom is 0.240 e. The molecule has 1 aromatic rings. The summed E-state index contributed by atoms with van der Waals surface area (Å²) in [5.41, 5.74) is 1.05. The van der Waals surface area contributed by atoms with E-state index in [2.05, 4.69) is 6.07 Å². The summed E-state index contributed by atoms with van der Waals surface area (Å²) in [6, 6.07) is 7.58. The first-order chi connectivity index (χ1) is 10.0. The zero-order valence-electron chi connectivity index (χ0n) is 12.7. The third-order valence-corrected chi connectivity index (χ3v) is 3.59. The van der Waals surface area contributed by atoms with Gasteiger partial charge in [-0.05, 0) is 38.5 Å². The zero-order chi connectivity index (χ0) is 15.8. The van der Waals surface area contributed by atoms with E-state index in [1.54, 1.807) is 11.0 Å². The molecule has 1 rings (SSSR count). The molecule has 1 atom stereocenters. The largest absolute Gasteiger partial charge is 0.492 e. The maximum atomic E-state index is 12.1. The molecule has 0 N–H and O–H groups in total. The van der Waals surface area contributed by atoms with Gasteiger partial charge in [0.15, 0.2) is 0 Å². The van der Waals surface area contributed by atoms with Gasteiger partial charge in [-0.1, -0.05) is 17.7 Å². The van der Waals surface area contributed by atoms with E-state index in [4.69, 9.17) is 21.6 Å². The first-order valence-corrected chi connectivity index (χ1v) is 7.48. The number of carbonyl (C=O) groups excluding carboxylic acids is 1. The molecule has 0 saturated carbocycles. The minimum atomic E-state index is -0.673. The summed E-state index contributed by atoms with van der Waals surface area (Å²) in [5.74, 6) is -0.224. The molecular weight excluding hydrogens is 288 g/mol. The molecule has 0 saturated heterocycles. The second-order valence-electron chi connectivity index (χ2n) is 4.76. The Bertz CT molecular complexity index is 521. The lowest BCUT2D eigenvalue weighted by Gasteiger charge is -2.21. The fourth-order valence-corrected chi connectivity index (χ4v) is 2.18. The summed E-state index contributed by atoms with van der Waals surface area (Å²) < 4.78 is 5.59. The quantitative estimate of drug-likeness (QED) is 0.775. The van der Waals surface area contributed by atoms with Gasteiger partial charge in [0.05, 0.1) is 17.7 Å². The maximum absolute atomic E-state index is 12.1. The van der Waals surface area contributed by atoms with E-state index >= 15 is 0 Å². The van der Waals surface area contributed by atoms with Crippen molar-refractivity contribution in [2.45, 2.75) is 27.2 Å². The van der Waals surface area contributed by atoms with Crippen molar-refractivity contribution in [3.05, 3.63) is 28.8 Å². The molecule has 1 aromatic carbocycles. The molecule has 1 amide bonds. The van der Waals surface area contributed by atoms with Crippen LogP contribution < -0.4 is 4.74 Å². The Balaban J connectivity index is 2.58. The molecule has 0 spiro atoms. The van der Waals surface area contributed by atoms with Crippen molar-refractivity contribution in [2.24, 2.45) is 5.92 Å². The molecule has 21 heavy (non-hydrogen) atoms. The normalized spacial score (nSPS) is 11.6. The molecule has 4 nitrogen and oxygen atoms in total. The van der Waals surface area contributed by atoms with Crippen molar-refractivity contribution in [1.82, 2.24) is 4.90 Å². The fourth-order valence-electron chi connectivity index (χ4n) is 2.01. The van der Waals surface area contributed by atoms with E-state index in [1.807, 2.05) is 32.9 Å². The fraction of sp³-hybridized carbons (Fsp3) is 0.500. The Morgan fingerprint density at radius 3 is 2.67 bits per heavy atom. The standard InChI is InChI=1S/C16H21ClN2O2/c1-4-19(5-2)16(20)13(11-18)8-9-21-15-10-12(3)6-7-14(15)17/h6-7,10,13H,4-5,8-9H2,1-3H3. The summed E-state index contributed by atoms with van der Waals surface area (Å²) in [4.78, 5) is 13.8. The van der Waals surface area contributed by atoms with Crippen LogP contribution in [0.3, 0.4) is 0 Å². The van der Waals surface area contributed by atoms with Gasteiger partial charge in [0.2, 0.25) is 5.91 Å². The molecule has 0 aliphatic rings. The Kier molecular flexibility index (Phi) is 7.04. The Morgan fingerprint density at radius 2 is 2.10 bits per heavy atom. The Labute approximate surface area is 131 Å². The van der Waals surface area contributed by atoms with Gasteiger partial charge in [-0.15, -0.1) is 0 Å². The number of nitriles is 1. The van der Waals surface area contributed by atoms with Crippen molar-refractivity contribution >= 4 is 17.5 Å². The number of carbonyl (C=O) groups is 1. The van der Waals surface area contributed by atoms with Crippen LogP contribution in [0.4, 0.5) is 0 Å². The highest BCUT2D eigenvalue weighted by atomic mass is 35.5. The molecular formula is C16H21ClN2O2. The summed E-state index contributed by atoms with van der Waals surface area (Å²) in [6.45, 7) is 7.26. The van der Waals surface area contributed by atoms with E-state index in [0.29, 0.717) is 30.3 Å². The first kappa shape index (κ1) is 17.3. The third kappa shape index (κ3) is 4.95. The van der Waals surface area contributed by atoms with Crippen molar-refractivity contribution < 1.29 is 9.53 Å². The van der Waals surface area contributed by atoms with Gasteiger partial charge in [-0.25, -0.2) is 0 Å². The van der Waals surface area contributed by atoms with Gasteiger partial charge in [-0.3, -0.25) is 4.79 Å². The van der Waals surface area contributed by atoms with Gasteiger partial charge < -0.3 is 9.64 Å². The number of aryl methyl sites for hydroxylation is 1. The lowest BCUT2D eigenvalue weighted by molar-refractivity contribution is -0.133. The molecule has 0 aliphatic heterocycles. The van der Waals surface area contributed by atoms with Gasteiger partial charge in [0.25, 0.3) is 0 Å². The predicted molar refractivity (Wildman–Crippen MR) is 83.3 cm³/mol. The predicted octanol–water partition coefficient (Wildman–Crippen LogP) is 3.43. The number of benzene rings is 1. The second kappa shape index (κ2) is 8.53. The van der Waals surface area contributed by atoms with Crippen LogP contribution in [0, 0.1) is 24.2 Å². The van der Waals surface area contributed by atoms with Gasteiger partial charge >= 0.3 is 0 Å². The van der Waals surface area contributed by atoms with E-state index in [1.165, 1.54) is 0 Å². The Morgan fingerprint density at radius 1 is 1.43 bits per heavy atom. The number of amides is 1. The number of hydrogen-bond donors (Lipinski definition) is 0. The van der Waals surface area contributed by atoms with Crippen LogP contribution in [0.25, 0.3) is 0 Å². The molecule has 0 heterocycles. The minimum Gasteiger partial charge on any atom is -0.492 e. The van der Waals surface area contributed by atoms with Crippen LogP contribution >= 0.6 is 11.6 Å². The molecule has 114 valence electrons. The highest BCUT2D eigenvalue weighted by molar-refractivity contribution is 6.32. The van der Waals surface area contributed by atoms with E-state index in [-0.39, 0.29) is 12.5 Å². The van der Waals surface area contributed by atoms with E-state index < -0.39 is 5.92 Å². The van der Waals surface area contributed by atoms with Crippen molar-refractivity contribution in [3.8, 4) is 11.8 Å². The number of nitrogens with zero attached hydrogens (tertiary/aromatic N) is 2. The lowest BCUT2D eigenvalue weighted by Crippen LogP contribution is -2.36. The topological polar surface area (TPSA) is 53.3 Å². The van der Waals surface area contributed by atoms with Crippen molar-refractivity contribution in [1.29, 1.82) is 5.26 Å². The Hall–Kier alpha value is -1.73. The van der Waals surface area contributed by atoms with Crippen LogP contribution in [-0.2, 0) is 4.79 Å². The highest BCUT2D eigenvalue weighted by Crippen LogP contribution is 2.25. The summed E-state index contributed by atoms with van der Waals surface area (Å²) >= 11 is 6.04. The average Bonchev–Trinajstić information content (AvgIpc) is 2.48. The summed E-state index contributed by atoms with van der Waals surface area (Å²) in [5, 5.41) is 9.68. The summed E-state index contributed by atoms with van der Waals surface area (Å²) in [7, 11) is 0. The number of rotatable bonds is 7. The van der Waals surface area contributed by atoms with Crippen LogP contribution in [0.1, 0.15) is 25.8 Å². The van der Waals surface area contributed by atoms with E-state index in [9.17, 15) is 4.79 Å². The first-order valence-electron chi connectivity index (χ1n) is 7.10. The van der Waals surface area contributed by atoms with Crippen molar-refractivity contribution in [2.75, 3.05) is 19.7 Å². The number of hydrogen-bond acceptors (Lipinski definition) is 3. The molecule has 5 heteroatoms. The number of halogens is 1. The molecule has 0 radical (unpaired) electrons. The number of ether oxygens (including phenoxy) is 1. The van der Waals surface area contributed by atoms with Crippen LogP contribution in [0.5, 0.6) is 5.75 Å². The lowest BCUT2D eigenvalue weighted by atomic mass is 10.1. The smallest absolute Gasteiger partial charge is 0.240 e. The van der Waals surface area contributed by atoms with Crippen LogP contribution in [0.2, 0.25) is 5.02 Å². The highest BCUT2D eigenvalue weighted by Gasteiger charge is 2.22. The van der Waals surface area contributed by atoms with E-state index in [0.717, 1.165) is 5.56 Å². The van der Waals surface area contributed by atoms with Crippen LogP contribution in [0.15, 0.2) is 18.2 Å². The van der Waals surface area contributed by atoms with Crippen LogP contribution in [-0.4, -0.2) is 30.5 Å². The minimum absolute atomic E-state index is 0.138. The monoisotopic (exact) mass is 308 g/mol. The molecule has 0 aromatic heterocycles. The third-order valence-electron chi connectivity index (χ3n) is 3.28. The average molecular weight is 309 g/mol. The van der Waals surface area contributed by atoms with Crippen molar-refractivity contribution in [3.63, 3.8) is 0 Å². The van der Waals surface area contributed by atoms with Gasteiger partial charge in [0, 0.05) is 19.5 Å². The molecule has 0 fully saturated rings. The van der Waals surface area contributed by atoms with Gasteiger partial charge in [-0.2, -0.15) is 5.26 Å². The second-order valence-corrected chi connectivity index (χ2v) is 5.17. The van der Waals surface area contributed by atoms with Gasteiger partial charge in [0.1, 0.15) is 11.7 Å². The molecule has 1 unspecified atom stereocenters.